The number of benzene rings is 4. The quantitative estimate of drug-likeness (QED) is 0.224. The van der Waals surface area contributed by atoms with Crippen LogP contribution in [-0.2, 0) is 6.54 Å². The number of carboxylic acids is 1. The number of hydrogen-bond acceptors (Lipinski definition) is 3. The molecule has 4 aromatic carbocycles. The average molecular weight is 530 g/mol. The van der Waals surface area contributed by atoms with Gasteiger partial charge in [0.05, 0.1) is 22.6 Å². The fourth-order valence-electron chi connectivity index (χ4n) is 5.34. The van der Waals surface area contributed by atoms with E-state index in [-0.39, 0.29) is 17.5 Å². The van der Waals surface area contributed by atoms with Crippen LogP contribution in [0.2, 0.25) is 0 Å². The lowest BCUT2D eigenvalue weighted by atomic mass is 9.99. The summed E-state index contributed by atoms with van der Waals surface area (Å²) >= 11 is 0. The van der Waals surface area contributed by atoms with Crippen molar-refractivity contribution in [1.82, 2.24) is 14.9 Å². The Balaban J connectivity index is 1.22. The maximum atomic E-state index is 13.2. The smallest absolute Gasteiger partial charge is 0.336 e. The van der Waals surface area contributed by atoms with Crippen molar-refractivity contribution in [2.75, 3.05) is 0 Å². The van der Waals surface area contributed by atoms with Gasteiger partial charge >= 0.3 is 5.97 Å². The number of fused-ring (bicyclic) bond motifs is 1. The summed E-state index contributed by atoms with van der Waals surface area (Å²) in [6.07, 6.45) is 2.50. The molecule has 1 heterocycles. The Morgan fingerprint density at radius 1 is 0.975 bits per heavy atom. The molecule has 0 saturated heterocycles. The van der Waals surface area contributed by atoms with E-state index in [1.54, 1.807) is 12.1 Å². The van der Waals surface area contributed by atoms with Crippen LogP contribution < -0.4 is 5.32 Å². The lowest BCUT2D eigenvalue weighted by Crippen LogP contribution is -2.26. The normalized spacial score (nSPS) is 13.8. The van der Waals surface area contributed by atoms with Crippen LogP contribution in [0.5, 0.6) is 0 Å². The number of imidazole rings is 1. The average Bonchev–Trinajstić information content (AvgIpc) is 3.78. The summed E-state index contributed by atoms with van der Waals surface area (Å²) in [6.45, 7) is 4.57. The SMILES string of the molecule is Cc1nc2ccc(C(=O)N[C@@H](C)c3cccc(C4CC4)c3)cc2n1Cc1ccc(-c2ccccc2C(=O)O)cc1. The molecule has 1 aliphatic carbocycles. The molecule has 1 aromatic heterocycles. The highest BCUT2D eigenvalue weighted by Crippen LogP contribution is 2.40. The van der Waals surface area contributed by atoms with Crippen molar-refractivity contribution in [1.29, 1.82) is 0 Å². The third-order valence-corrected chi connectivity index (χ3v) is 7.77. The van der Waals surface area contributed by atoms with E-state index >= 15 is 0 Å². The first-order valence-electron chi connectivity index (χ1n) is 13.7. The number of nitrogens with one attached hydrogen (secondary N) is 1. The number of rotatable bonds is 8. The number of aromatic carboxylic acids is 1. The molecular weight excluding hydrogens is 498 g/mol. The fourth-order valence-corrected chi connectivity index (χ4v) is 5.34. The number of carbonyl (C=O) groups is 2. The Morgan fingerprint density at radius 3 is 2.50 bits per heavy atom. The van der Waals surface area contributed by atoms with Gasteiger partial charge in [-0.15, -0.1) is 0 Å². The Hall–Kier alpha value is -4.71. The zero-order chi connectivity index (χ0) is 27.8. The predicted molar refractivity (Wildman–Crippen MR) is 157 cm³/mol. The second-order valence-corrected chi connectivity index (χ2v) is 10.6. The van der Waals surface area contributed by atoms with Gasteiger partial charge in [-0.2, -0.15) is 0 Å². The molecular formula is C34H31N3O3. The van der Waals surface area contributed by atoms with E-state index in [2.05, 4.69) is 34.1 Å². The lowest BCUT2D eigenvalue weighted by Gasteiger charge is -2.16. The van der Waals surface area contributed by atoms with Crippen molar-refractivity contribution in [2.24, 2.45) is 0 Å². The second-order valence-electron chi connectivity index (χ2n) is 10.6. The van der Waals surface area contributed by atoms with Crippen LogP contribution in [0.25, 0.3) is 22.2 Å². The molecule has 1 fully saturated rings. The van der Waals surface area contributed by atoms with Crippen LogP contribution in [-0.4, -0.2) is 26.5 Å². The van der Waals surface area contributed by atoms with Gasteiger partial charge in [0.2, 0.25) is 0 Å². The number of aromatic nitrogens is 2. The van der Waals surface area contributed by atoms with E-state index in [1.165, 1.54) is 18.4 Å². The van der Waals surface area contributed by atoms with Crippen LogP contribution in [0.1, 0.15) is 75.0 Å². The summed E-state index contributed by atoms with van der Waals surface area (Å²) < 4.78 is 2.11. The molecule has 0 bridgehead atoms. The molecule has 6 rings (SSSR count). The molecule has 200 valence electrons. The third-order valence-electron chi connectivity index (χ3n) is 7.77. The van der Waals surface area contributed by atoms with Crippen molar-refractivity contribution in [3.05, 3.63) is 125 Å². The number of amides is 1. The molecule has 1 amide bonds. The van der Waals surface area contributed by atoms with Gasteiger partial charge in [0.25, 0.3) is 5.91 Å². The van der Waals surface area contributed by atoms with Crippen LogP contribution in [0.3, 0.4) is 0 Å². The van der Waals surface area contributed by atoms with Gasteiger partial charge in [0, 0.05) is 12.1 Å². The number of nitrogens with zero attached hydrogens (tertiary/aromatic N) is 2. The molecule has 40 heavy (non-hydrogen) atoms. The zero-order valence-corrected chi connectivity index (χ0v) is 22.6. The standard InChI is InChI=1S/C34H31N3O3/c1-21(26-6-5-7-27(18-26)24-14-15-24)35-33(38)28-16-17-31-32(19-28)37(22(2)36-31)20-23-10-12-25(13-11-23)29-8-3-4-9-30(29)34(39)40/h3-13,16-19,21,24H,14-15,20H2,1-2H3,(H,35,38)(H,39,40)/t21-/m0/s1. The van der Waals surface area contributed by atoms with Crippen molar-refractivity contribution in [3.8, 4) is 11.1 Å². The van der Waals surface area contributed by atoms with Crippen molar-refractivity contribution >= 4 is 22.9 Å². The Kier molecular flexibility index (Phi) is 6.68. The van der Waals surface area contributed by atoms with Gasteiger partial charge in [0.1, 0.15) is 5.82 Å². The molecule has 2 N–H and O–H groups in total. The summed E-state index contributed by atoms with van der Waals surface area (Å²) in [6, 6.07) is 29.0. The molecule has 5 aromatic rings. The predicted octanol–water partition coefficient (Wildman–Crippen LogP) is 7.13. The van der Waals surface area contributed by atoms with E-state index in [0.717, 1.165) is 33.5 Å². The van der Waals surface area contributed by atoms with Gasteiger partial charge < -0.3 is 15.0 Å². The largest absolute Gasteiger partial charge is 0.478 e. The van der Waals surface area contributed by atoms with E-state index < -0.39 is 5.97 Å². The number of carbonyl (C=O) groups excluding carboxylic acids is 1. The Bertz CT molecular complexity index is 1730. The van der Waals surface area contributed by atoms with Crippen LogP contribution in [0.15, 0.2) is 91.0 Å². The summed E-state index contributed by atoms with van der Waals surface area (Å²) in [5.41, 5.74) is 7.69. The first kappa shape index (κ1) is 25.6. The molecule has 1 saturated carbocycles. The maximum Gasteiger partial charge on any atom is 0.336 e. The molecule has 1 aliphatic rings. The van der Waals surface area contributed by atoms with Crippen LogP contribution >= 0.6 is 0 Å². The summed E-state index contributed by atoms with van der Waals surface area (Å²) in [4.78, 5) is 29.6. The fraction of sp³-hybridized carbons (Fsp3) is 0.206. The van der Waals surface area contributed by atoms with E-state index in [0.29, 0.717) is 23.6 Å². The third kappa shape index (κ3) is 5.13. The van der Waals surface area contributed by atoms with E-state index in [1.807, 2.05) is 68.4 Å². The minimum absolute atomic E-state index is 0.0988. The van der Waals surface area contributed by atoms with Crippen LogP contribution in [0, 0.1) is 6.92 Å². The summed E-state index contributed by atoms with van der Waals surface area (Å²) in [5.74, 6) is 0.475. The Morgan fingerprint density at radius 2 is 1.75 bits per heavy atom. The maximum absolute atomic E-state index is 13.2. The number of hydrogen-bond donors (Lipinski definition) is 2. The highest BCUT2D eigenvalue weighted by molar-refractivity contribution is 5.98. The van der Waals surface area contributed by atoms with Crippen molar-refractivity contribution < 1.29 is 14.7 Å². The minimum Gasteiger partial charge on any atom is -0.478 e. The molecule has 0 spiro atoms. The van der Waals surface area contributed by atoms with Crippen molar-refractivity contribution in [3.63, 3.8) is 0 Å². The van der Waals surface area contributed by atoms with Crippen LogP contribution in [0.4, 0.5) is 0 Å². The molecule has 1 atom stereocenters. The summed E-state index contributed by atoms with van der Waals surface area (Å²) in [5, 5.41) is 12.7. The first-order valence-corrected chi connectivity index (χ1v) is 13.7. The highest BCUT2D eigenvalue weighted by atomic mass is 16.4. The molecule has 0 aliphatic heterocycles. The van der Waals surface area contributed by atoms with Gasteiger partial charge in [-0.05, 0) is 84.7 Å². The van der Waals surface area contributed by atoms with E-state index in [9.17, 15) is 14.7 Å². The van der Waals surface area contributed by atoms with Crippen molar-refractivity contribution in [2.45, 2.75) is 45.2 Å². The first-order chi connectivity index (χ1) is 19.4. The lowest BCUT2D eigenvalue weighted by molar-refractivity contribution is 0.0697. The Labute approximate surface area is 233 Å². The molecule has 0 unspecified atom stereocenters. The van der Waals surface area contributed by atoms with Gasteiger partial charge in [-0.25, -0.2) is 9.78 Å². The number of carboxylic acid groups (broad SMARTS) is 1. The molecule has 6 nitrogen and oxygen atoms in total. The topological polar surface area (TPSA) is 84.2 Å². The second kappa shape index (κ2) is 10.5. The monoisotopic (exact) mass is 529 g/mol. The minimum atomic E-state index is -0.943. The van der Waals surface area contributed by atoms with Gasteiger partial charge in [-0.3, -0.25) is 4.79 Å². The van der Waals surface area contributed by atoms with E-state index in [4.69, 9.17) is 4.98 Å². The van der Waals surface area contributed by atoms with Gasteiger partial charge in [0.15, 0.2) is 0 Å². The molecule has 6 heteroatoms. The summed E-state index contributed by atoms with van der Waals surface area (Å²) in [7, 11) is 0. The zero-order valence-electron chi connectivity index (χ0n) is 22.6. The highest BCUT2D eigenvalue weighted by Gasteiger charge is 2.24. The molecule has 0 radical (unpaired) electrons. The van der Waals surface area contributed by atoms with Gasteiger partial charge in [-0.1, -0.05) is 66.7 Å². The number of aryl methyl sites for hydroxylation is 1.